The highest BCUT2D eigenvalue weighted by molar-refractivity contribution is 5.95. The summed E-state index contributed by atoms with van der Waals surface area (Å²) in [6.07, 6.45) is 7.52. The first kappa shape index (κ1) is 34.5. The third kappa shape index (κ3) is 10.0. The lowest BCUT2D eigenvalue weighted by atomic mass is 9.96. The molecule has 0 saturated heterocycles. The van der Waals surface area contributed by atoms with Gasteiger partial charge in [0.05, 0.1) is 0 Å². The number of unbranched alkanes of at least 4 members (excludes halogenated alkanes) is 2. The van der Waals surface area contributed by atoms with Crippen molar-refractivity contribution in [2.75, 3.05) is 6.54 Å². The molecular weight excluding hydrogens is 562 g/mol. The van der Waals surface area contributed by atoms with E-state index in [1.54, 1.807) is 18.3 Å². The predicted octanol–water partition coefficient (Wildman–Crippen LogP) is 2.58. The summed E-state index contributed by atoms with van der Waals surface area (Å²) in [5, 5.41) is 22.5. The summed E-state index contributed by atoms with van der Waals surface area (Å²) in [5.41, 5.74) is 1.69. The molecule has 11 heteroatoms. The summed E-state index contributed by atoms with van der Waals surface area (Å²) >= 11 is 0. The second kappa shape index (κ2) is 17.3. The van der Waals surface area contributed by atoms with Crippen molar-refractivity contribution < 1.29 is 29.1 Å². The van der Waals surface area contributed by atoms with Crippen LogP contribution in [0.25, 0.3) is 10.9 Å². The van der Waals surface area contributed by atoms with Crippen molar-refractivity contribution in [3.63, 3.8) is 0 Å². The van der Waals surface area contributed by atoms with E-state index in [0.29, 0.717) is 38.5 Å². The highest BCUT2D eigenvalue weighted by atomic mass is 16.3. The Morgan fingerprint density at radius 1 is 0.909 bits per heavy atom. The van der Waals surface area contributed by atoms with Crippen molar-refractivity contribution in [2.45, 2.75) is 103 Å². The van der Waals surface area contributed by atoms with Crippen LogP contribution in [0.3, 0.4) is 0 Å². The standard InChI is InChI=1S/C33H47N5O6/c1-4-21(3)29-33(44)34-18-12-11-17-28(40)32(43)36-26(16-8-6-7-13-23(39)5-2)30(41)37-27(31(42)38-29)19-22-20-35-25-15-10-9-14-24(22)25/h9-12,14-15,20-21,26-29,35,40H,4-8,13,16-19H2,1-3H3,(H,34,44)(H,36,43)(H,37,41)(H,38,42)/b12-11-/t21-,26?,27-,28+,29-/m0/s1. The summed E-state index contributed by atoms with van der Waals surface area (Å²) in [5.74, 6) is -2.16. The van der Waals surface area contributed by atoms with E-state index in [4.69, 9.17) is 0 Å². The molecule has 0 saturated carbocycles. The quantitative estimate of drug-likeness (QED) is 0.169. The van der Waals surface area contributed by atoms with Crippen LogP contribution in [0.1, 0.15) is 77.7 Å². The summed E-state index contributed by atoms with van der Waals surface area (Å²) in [6.45, 7) is 5.79. The largest absolute Gasteiger partial charge is 0.383 e. The number of hydrogen-bond donors (Lipinski definition) is 6. The maximum atomic E-state index is 13.8. The number of fused-ring (bicyclic) bond motifs is 1. The number of ketones is 1. The molecule has 1 unspecified atom stereocenters. The van der Waals surface area contributed by atoms with Gasteiger partial charge in [-0.1, -0.05) is 70.4 Å². The molecule has 0 bridgehead atoms. The number of hydrogen-bond acceptors (Lipinski definition) is 6. The molecule has 3 rings (SSSR count). The average Bonchev–Trinajstić information content (AvgIpc) is 3.43. The molecule has 0 fully saturated rings. The summed E-state index contributed by atoms with van der Waals surface area (Å²) < 4.78 is 0. The fraction of sp³-hybridized carbons (Fsp3) is 0.545. The lowest BCUT2D eigenvalue weighted by Gasteiger charge is -2.28. The second-order valence-electron chi connectivity index (χ2n) is 11.5. The number of carbonyl (C=O) groups excluding carboxylic acids is 5. The third-order valence-electron chi connectivity index (χ3n) is 8.22. The zero-order valence-electron chi connectivity index (χ0n) is 26.0. The van der Waals surface area contributed by atoms with Crippen LogP contribution in [0.2, 0.25) is 0 Å². The molecule has 4 amide bonds. The molecule has 2 aromatic rings. The molecule has 0 aliphatic carbocycles. The van der Waals surface area contributed by atoms with Crippen LogP contribution < -0.4 is 21.3 Å². The van der Waals surface area contributed by atoms with Gasteiger partial charge < -0.3 is 31.4 Å². The lowest BCUT2D eigenvalue weighted by Crippen LogP contribution is -2.59. The van der Waals surface area contributed by atoms with E-state index in [1.165, 1.54) is 0 Å². The Morgan fingerprint density at radius 2 is 1.64 bits per heavy atom. The van der Waals surface area contributed by atoms with Crippen molar-refractivity contribution in [3.8, 4) is 0 Å². The first-order chi connectivity index (χ1) is 21.1. The van der Waals surface area contributed by atoms with Crippen molar-refractivity contribution >= 4 is 40.3 Å². The minimum atomic E-state index is -1.40. The van der Waals surface area contributed by atoms with Crippen LogP contribution >= 0.6 is 0 Å². The number of H-pyrrole nitrogens is 1. The molecule has 0 radical (unpaired) electrons. The van der Waals surface area contributed by atoms with Crippen LogP contribution in [0.15, 0.2) is 42.6 Å². The van der Waals surface area contributed by atoms with Gasteiger partial charge in [0.15, 0.2) is 0 Å². The molecule has 1 aromatic carbocycles. The number of aliphatic hydroxyl groups is 1. The average molecular weight is 610 g/mol. The van der Waals surface area contributed by atoms with Gasteiger partial charge in [-0.15, -0.1) is 0 Å². The van der Waals surface area contributed by atoms with Crippen LogP contribution in [-0.4, -0.2) is 70.3 Å². The second-order valence-corrected chi connectivity index (χ2v) is 11.5. The molecular formula is C33H47N5O6. The Morgan fingerprint density at radius 3 is 2.39 bits per heavy atom. The number of aliphatic hydroxyl groups excluding tert-OH is 1. The molecule has 1 aromatic heterocycles. The van der Waals surface area contributed by atoms with Gasteiger partial charge in [-0.2, -0.15) is 0 Å². The van der Waals surface area contributed by atoms with Crippen LogP contribution in [-0.2, 0) is 30.4 Å². The zero-order valence-corrected chi connectivity index (χ0v) is 26.0. The van der Waals surface area contributed by atoms with Gasteiger partial charge in [-0.05, 0) is 30.4 Å². The van der Waals surface area contributed by atoms with E-state index in [2.05, 4.69) is 26.3 Å². The lowest BCUT2D eigenvalue weighted by molar-refractivity contribution is -0.136. The van der Waals surface area contributed by atoms with E-state index >= 15 is 0 Å². The smallest absolute Gasteiger partial charge is 0.249 e. The van der Waals surface area contributed by atoms with E-state index in [0.717, 1.165) is 16.5 Å². The van der Waals surface area contributed by atoms with Gasteiger partial charge in [0.1, 0.15) is 30.0 Å². The number of Topliss-reactive ketones (excluding diaryl/α,β-unsaturated/α-hetero) is 1. The monoisotopic (exact) mass is 609 g/mol. The summed E-state index contributed by atoms with van der Waals surface area (Å²) in [4.78, 5) is 68.4. The van der Waals surface area contributed by atoms with Gasteiger partial charge in [0.2, 0.25) is 23.6 Å². The predicted molar refractivity (Wildman–Crippen MR) is 168 cm³/mol. The number of rotatable bonds is 11. The number of benzene rings is 1. The molecule has 2 heterocycles. The summed E-state index contributed by atoms with van der Waals surface area (Å²) in [6, 6.07) is 4.73. The Hall–Kier alpha value is -3.99. The molecule has 240 valence electrons. The number of nitrogens with one attached hydrogen (secondary N) is 5. The SMILES string of the molecule is CCC(=O)CCCCCC1NC(=O)[C@H](O)C/C=C\CNC(=O)[C@H]([C@@H](C)CC)NC(=O)[C@H](Cc2c[nH]c3ccccc23)NC1=O. The fourth-order valence-corrected chi connectivity index (χ4v) is 5.20. The van der Waals surface area contributed by atoms with Crippen molar-refractivity contribution in [3.05, 3.63) is 48.2 Å². The molecule has 1 aliphatic rings. The minimum Gasteiger partial charge on any atom is -0.383 e. The molecule has 11 nitrogen and oxygen atoms in total. The third-order valence-corrected chi connectivity index (χ3v) is 8.22. The maximum absolute atomic E-state index is 13.8. The first-order valence-corrected chi connectivity index (χ1v) is 15.7. The Labute approximate surface area is 259 Å². The Bertz CT molecular complexity index is 1320. The van der Waals surface area contributed by atoms with Gasteiger partial charge in [0.25, 0.3) is 0 Å². The van der Waals surface area contributed by atoms with Crippen molar-refractivity contribution in [1.82, 2.24) is 26.3 Å². The Balaban J connectivity index is 1.91. The van der Waals surface area contributed by atoms with E-state index in [1.807, 2.05) is 45.0 Å². The Kier molecular flexibility index (Phi) is 13.6. The van der Waals surface area contributed by atoms with Gasteiger partial charge in [0, 0.05) is 49.3 Å². The number of para-hydroxylation sites is 1. The first-order valence-electron chi connectivity index (χ1n) is 15.7. The number of aromatic nitrogens is 1. The van der Waals surface area contributed by atoms with E-state index in [-0.39, 0.29) is 43.4 Å². The van der Waals surface area contributed by atoms with Crippen LogP contribution in [0, 0.1) is 5.92 Å². The highest BCUT2D eigenvalue weighted by Gasteiger charge is 2.32. The van der Waals surface area contributed by atoms with E-state index in [9.17, 15) is 29.1 Å². The van der Waals surface area contributed by atoms with E-state index < -0.39 is 42.0 Å². The molecule has 5 atom stereocenters. The number of amides is 4. The van der Waals surface area contributed by atoms with Crippen LogP contribution in [0.5, 0.6) is 0 Å². The minimum absolute atomic E-state index is 0.00386. The van der Waals surface area contributed by atoms with Gasteiger partial charge >= 0.3 is 0 Å². The molecule has 44 heavy (non-hydrogen) atoms. The maximum Gasteiger partial charge on any atom is 0.249 e. The normalized spacial score (nSPS) is 23.7. The molecule has 1 aliphatic heterocycles. The van der Waals surface area contributed by atoms with Gasteiger partial charge in [-0.25, -0.2) is 0 Å². The highest BCUT2D eigenvalue weighted by Crippen LogP contribution is 2.20. The van der Waals surface area contributed by atoms with Crippen molar-refractivity contribution in [1.29, 1.82) is 0 Å². The topological polar surface area (TPSA) is 169 Å². The molecule has 0 spiro atoms. The number of carbonyl (C=O) groups is 5. The fourth-order valence-electron chi connectivity index (χ4n) is 5.20. The summed E-state index contributed by atoms with van der Waals surface area (Å²) in [7, 11) is 0. The van der Waals surface area contributed by atoms with Crippen LogP contribution in [0.4, 0.5) is 0 Å². The zero-order chi connectivity index (χ0) is 32.1. The molecule has 6 N–H and O–H groups in total. The van der Waals surface area contributed by atoms with Crippen molar-refractivity contribution in [2.24, 2.45) is 5.92 Å². The number of aromatic amines is 1. The van der Waals surface area contributed by atoms with Gasteiger partial charge in [-0.3, -0.25) is 24.0 Å².